The fraction of sp³-hybridized carbons (Fsp3) is 0.158. The number of fused-ring (bicyclic) bond motifs is 1. The van der Waals surface area contributed by atoms with Crippen molar-refractivity contribution in [3.05, 3.63) is 64.0 Å². The van der Waals surface area contributed by atoms with Gasteiger partial charge in [0.25, 0.3) is 11.8 Å². The molecule has 2 N–H and O–H groups in total. The Kier molecular flexibility index (Phi) is 5.44. The minimum Gasteiger partial charge on any atom is -0.491 e. The molecule has 0 fully saturated rings. The standard InChI is InChI=1S/C19H17ClN2O3S/c1-11(2)25-13-7-5-6-12(10-13)18(23)21-22-19(24)17-16(20)14-8-3-4-9-15(14)26-17/h3-11H,1-2H3,(H,21,23)(H,22,24). The van der Waals surface area contributed by atoms with Gasteiger partial charge in [0.15, 0.2) is 0 Å². The average molecular weight is 389 g/mol. The van der Waals surface area contributed by atoms with Crippen molar-refractivity contribution in [1.82, 2.24) is 10.9 Å². The third-order valence-corrected chi connectivity index (χ3v) is 5.17. The summed E-state index contributed by atoms with van der Waals surface area (Å²) in [6.07, 6.45) is 0.00289. The number of hydrazine groups is 1. The maximum absolute atomic E-state index is 12.4. The highest BCUT2D eigenvalue weighted by atomic mass is 35.5. The van der Waals surface area contributed by atoms with E-state index < -0.39 is 11.8 Å². The molecule has 3 rings (SSSR count). The smallest absolute Gasteiger partial charge is 0.281 e. The molecule has 0 saturated heterocycles. The lowest BCUT2D eigenvalue weighted by Gasteiger charge is -2.11. The van der Waals surface area contributed by atoms with Crippen LogP contribution in [0.3, 0.4) is 0 Å². The zero-order chi connectivity index (χ0) is 18.7. The maximum Gasteiger partial charge on any atom is 0.281 e. The van der Waals surface area contributed by atoms with Gasteiger partial charge in [-0.2, -0.15) is 0 Å². The SMILES string of the molecule is CC(C)Oc1cccc(C(=O)NNC(=O)c2sc3ccccc3c2Cl)c1. The molecule has 0 aliphatic rings. The van der Waals surface area contributed by atoms with Crippen molar-refractivity contribution in [2.75, 3.05) is 0 Å². The Bertz CT molecular complexity index is 968. The maximum atomic E-state index is 12.4. The number of benzene rings is 2. The number of carbonyl (C=O) groups excluding carboxylic acids is 2. The van der Waals surface area contributed by atoms with Crippen LogP contribution in [0.1, 0.15) is 33.9 Å². The topological polar surface area (TPSA) is 67.4 Å². The summed E-state index contributed by atoms with van der Waals surface area (Å²) in [4.78, 5) is 25.0. The van der Waals surface area contributed by atoms with Crippen LogP contribution >= 0.6 is 22.9 Å². The first-order valence-corrected chi connectivity index (χ1v) is 9.19. The highest BCUT2D eigenvalue weighted by molar-refractivity contribution is 7.21. The predicted molar refractivity (Wildman–Crippen MR) is 104 cm³/mol. The zero-order valence-corrected chi connectivity index (χ0v) is 15.8. The molecule has 2 amide bonds. The molecule has 0 unspecified atom stereocenters. The van der Waals surface area contributed by atoms with Crippen molar-refractivity contribution >= 4 is 44.8 Å². The first-order valence-electron chi connectivity index (χ1n) is 8.00. The molecular weight excluding hydrogens is 372 g/mol. The molecule has 2 aromatic carbocycles. The van der Waals surface area contributed by atoms with E-state index in [1.54, 1.807) is 24.3 Å². The molecule has 0 radical (unpaired) electrons. The van der Waals surface area contributed by atoms with Crippen LogP contribution < -0.4 is 15.6 Å². The van der Waals surface area contributed by atoms with Gasteiger partial charge in [-0.3, -0.25) is 20.4 Å². The van der Waals surface area contributed by atoms with Gasteiger partial charge in [0.2, 0.25) is 0 Å². The second kappa shape index (κ2) is 7.76. The summed E-state index contributed by atoms with van der Waals surface area (Å²) in [7, 11) is 0. The van der Waals surface area contributed by atoms with Crippen LogP contribution in [0.4, 0.5) is 0 Å². The van der Waals surface area contributed by atoms with Gasteiger partial charge in [0, 0.05) is 15.6 Å². The molecule has 0 aliphatic carbocycles. The van der Waals surface area contributed by atoms with Gasteiger partial charge in [-0.25, -0.2) is 0 Å². The van der Waals surface area contributed by atoms with E-state index in [1.165, 1.54) is 11.3 Å². The molecule has 3 aromatic rings. The lowest BCUT2D eigenvalue weighted by atomic mass is 10.2. The van der Waals surface area contributed by atoms with Crippen LogP contribution in [0.2, 0.25) is 5.02 Å². The molecule has 1 aromatic heterocycles. The second-order valence-electron chi connectivity index (χ2n) is 5.84. The monoisotopic (exact) mass is 388 g/mol. The quantitative estimate of drug-likeness (QED) is 0.650. The van der Waals surface area contributed by atoms with Gasteiger partial charge in [-0.05, 0) is 38.1 Å². The van der Waals surface area contributed by atoms with E-state index in [1.807, 2.05) is 38.1 Å². The van der Waals surface area contributed by atoms with E-state index in [0.717, 1.165) is 10.1 Å². The largest absolute Gasteiger partial charge is 0.491 e. The number of rotatable bonds is 4. The van der Waals surface area contributed by atoms with Crippen molar-refractivity contribution in [2.45, 2.75) is 20.0 Å². The van der Waals surface area contributed by atoms with E-state index in [2.05, 4.69) is 10.9 Å². The number of carbonyl (C=O) groups is 2. The van der Waals surface area contributed by atoms with Crippen LogP contribution in [0, 0.1) is 0 Å². The van der Waals surface area contributed by atoms with Gasteiger partial charge in [0.05, 0.1) is 11.1 Å². The Labute approximate surface area is 159 Å². The number of halogens is 1. The third-order valence-electron chi connectivity index (χ3n) is 3.50. The Hall–Kier alpha value is -2.57. The summed E-state index contributed by atoms with van der Waals surface area (Å²) in [5, 5.41) is 1.19. The van der Waals surface area contributed by atoms with Gasteiger partial charge in [0.1, 0.15) is 10.6 Å². The molecule has 5 nitrogen and oxygen atoms in total. The second-order valence-corrected chi connectivity index (χ2v) is 7.27. The van der Waals surface area contributed by atoms with Crippen molar-refractivity contribution < 1.29 is 14.3 Å². The van der Waals surface area contributed by atoms with Crippen LogP contribution in [0.5, 0.6) is 5.75 Å². The van der Waals surface area contributed by atoms with E-state index in [4.69, 9.17) is 16.3 Å². The van der Waals surface area contributed by atoms with Crippen molar-refractivity contribution in [2.24, 2.45) is 0 Å². The Morgan fingerprint density at radius 1 is 1.04 bits per heavy atom. The van der Waals surface area contributed by atoms with Crippen LogP contribution in [-0.4, -0.2) is 17.9 Å². The Morgan fingerprint density at radius 2 is 1.77 bits per heavy atom. The van der Waals surface area contributed by atoms with Gasteiger partial charge >= 0.3 is 0 Å². The molecular formula is C19H17ClN2O3S. The average Bonchev–Trinajstić information content (AvgIpc) is 2.96. The van der Waals surface area contributed by atoms with Crippen LogP contribution in [0.25, 0.3) is 10.1 Å². The molecule has 0 atom stereocenters. The minimum atomic E-state index is -0.459. The van der Waals surface area contributed by atoms with Crippen molar-refractivity contribution in [1.29, 1.82) is 0 Å². The highest BCUT2D eigenvalue weighted by Crippen LogP contribution is 2.34. The number of nitrogens with one attached hydrogen (secondary N) is 2. The summed E-state index contributed by atoms with van der Waals surface area (Å²) < 4.78 is 6.48. The van der Waals surface area contributed by atoms with E-state index >= 15 is 0 Å². The number of hydrogen-bond acceptors (Lipinski definition) is 4. The lowest BCUT2D eigenvalue weighted by molar-refractivity contribution is 0.0848. The summed E-state index contributed by atoms with van der Waals surface area (Å²) in [6, 6.07) is 14.2. The van der Waals surface area contributed by atoms with E-state index in [9.17, 15) is 9.59 Å². The van der Waals surface area contributed by atoms with Crippen molar-refractivity contribution in [3.8, 4) is 5.75 Å². The van der Waals surface area contributed by atoms with Gasteiger partial charge in [-0.15, -0.1) is 11.3 Å². The first kappa shape index (κ1) is 18.2. The summed E-state index contributed by atoms with van der Waals surface area (Å²) >= 11 is 7.55. The highest BCUT2D eigenvalue weighted by Gasteiger charge is 2.17. The fourth-order valence-electron chi connectivity index (χ4n) is 2.39. The zero-order valence-electron chi connectivity index (χ0n) is 14.2. The molecule has 1 heterocycles. The van der Waals surface area contributed by atoms with Gasteiger partial charge in [-0.1, -0.05) is 35.9 Å². The van der Waals surface area contributed by atoms with Gasteiger partial charge < -0.3 is 4.74 Å². The normalized spacial score (nSPS) is 10.8. The van der Waals surface area contributed by atoms with Crippen LogP contribution in [0.15, 0.2) is 48.5 Å². The molecule has 0 bridgehead atoms. The minimum absolute atomic E-state index is 0.00289. The molecule has 26 heavy (non-hydrogen) atoms. The Balaban J connectivity index is 1.69. The fourth-order valence-corrected chi connectivity index (χ4v) is 3.80. The molecule has 0 saturated carbocycles. The summed E-state index contributed by atoms with van der Waals surface area (Å²) in [6.45, 7) is 3.81. The predicted octanol–water partition coefficient (Wildman–Crippen LogP) is 4.42. The van der Waals surface area contributed by atoms with E-state index in [0.29, 0.717) is 21.2 Å². The molecule has 0 aliphatic heterocycles. The third kappa shape index (κ3) is 3.98. The Morgan fingerprint density at radius 3 is 2.50 bits per heavy atom. The van der Waals surface area contributed by atoms with Crippen molar-refractivity contribution in [3.63, 3.8) is 0 Å². The number of amides is 2. The molecule has 0 spiro atoms. The van der Waals surface area contributed by atoms with Crippen LogP contribution in [-0.2, 0) is 0 Å². The number of thiophene rings is 1. The summed E-state index contributed by atoms with van der Waals surface area (Å²) in [5.41, 5.74) is 5.19. The first-order chi connectivity index (χ1) is 12.5. The number of hydrogen-bond donors (Lipinski definition) is 2. The molecule has 7 heteroatoms. The molecule has 134 valence electrons. The lowest BCUT2D eigenvalue weighted by Crippen LogP contribution is -2.41. The summed E-state index contributed by atoms with van der Waals surface area (Å²) in [5.74, 6) is -0.310. The van der Waals surface area contributed by atoms with E-state index in [-0.39, 0.29) is 6.10 Å². The number of ether oxygens (including phenoxy) is 1.